The molecule has 0 unspecified atom stereocenters. The van der Waals surface area contributed by atoms with Gasteiger partial charge in [0, 0.05) is 6.07 Å². The number of anilines is 2. The summed E-state index contributed by atoms with van der Waals surface area (Å²) < 4.78 is 5.68. The van der Waals surface area contributed by atoms with Crippen molar-refractivity contribution in [3.63, 3.8) is 0 Å². The fraction of sp³-hybridized carbons (Fsp3) is 0.375. The van der Waals surface area contributed by atoms with Crippen LogP contribution >= 0.6 is 0 Å². The molecule has 0 atom stereocenters. The molecule has 0 aliphatic carbocycles. The Morgan fingerprint density at radius 2 is 2.10 bits per heavy atom. The van der Waals surface area contributed by atoms with Crippen LogP contribution in [0.3, 0.4) is 0 Å². The number of hydrogen-bond acceptors (Lipinski definition) is 4. The van der Waals surface area contributed by atoms with Crippen LogP contribution < -0.4 is 15.6 Å². The Bertz CT molecular complexity index is 650. The fourth-order valence-corrected chi connectivity index (χ4v) is 1.87. The van der Waals surface area contributed by atoms with Gasteiger partial charge in [-0.15, -0.1) is 0 Å². The largest absolute Gasteiger partial charge is 0.491 e. The van der Waals surface area contributed by atoms with Crippen molar-refractivity contribution in [2.45, 2.75) is 33.1 Å². The quantitative estimate of drug-likeness (QED) is 0.854. The fourth-order valence-electron chi connectivity index (χ4n) is 1.87. The number of H-pyrrole nitrogens is 1. The lowest BCUT2D eigenvalue weighted by Gasteiger charge is -2.13. The molecule has 1 heterocycles. The monoisotopic (exact) mass is 287 g/mol. The average molecular weight is 287 g/mol. The predicted octanol–water partition coefficient (Wildman–Crippen LogP) is 3.43. The van der Waals surface area contributed by atoms with Crippen LogP contribution in [0.2, 0.25) is 0 Å². The summed E-state index contributed by atoms with van der Waals surface area (Å²) in [6.45, 7) is 6.71. The molecule has 0 fully saturated rings. The van der Waals surface area contributed by atoms with Crippen molar-refractivity contribution in [3.8, 4) is 5.75 Å². The van der Waals surface area contributed by atoms with Gasteiger partial charge in [0.1, 0.15) is 5.75 Å². The Kier molecular flexibility index (Phi) is 4.98. The first-order chi connectivity index (χ1) is 10.1. The van der Waals surface area contributed by atoms with Crippen molar-refractivity contribution in [1.29, 1.82) is 0 Å². The van der Waals surface area contributed by atoms with Crippen LogP contribution in [0.5, 0.6) is 5.75 Å². The number of ether oxygens (including phenoxy) is 1. The molecule has 1 aromatic carbocycles. The van der Waals surface area contributed by atoms with E-state index in [1.54, 1.807) is 0 Å². The summed E-state index contributed by atoms with van der Waals surface area (Å²) in [7, 11) is 0. The Hall–Kier alpha value is -2.30. The smallest absolute Gasteiger partial charge is 0.252 e. The zero-order valence-electron chi connectivity index (χ0n) is 12.6. The molecule has 0 radical (unpaired) electrons. The molecular formula is C16H21N3O2. The summed E-state index contributed by atoms with van der Waals surface area (Å²) in [5.41, 5.74) is 1.38. The first-order valence-electron chi connectivity index (χ1n) is 7.20. The first kappa shape index (κ1) is 15.1. The van der Waals surface area contributed by atoms with Crippen molar-refractivity contribution >= 4 is 11.6 Å². The maximum atomic E-state index is 11.7. The number of rotatable bonds is 6. The number of para-hydroxylation sites is 2. The van der Waals surface area contributed by atoms with E-state index in [0.717, 1.165) is 23.6 Å². The third-order valence-electron chi connectivity index (χ3n) is 2.95. The SMILES string of the molecule is CCCOc1ccccc1Nc1nc(C(C)C)cc(=O)[nH]1. The Labute approximate surface area is 124 Å². The van der Waals surface area contributed by atoms with E-state index in [4.69, 9.17) is 4.74 Å². The second-order valence-electron chi connectivity index (χ2n) is 5.14. The van der Waals surface area contributed by atoms with E-state index < -0.39 is 0 Å². The van der Waals surface area contributed by atoms with Crippen LogP contribution in [0.15, 0.2) is 35.1 Å². The van der Waals surface area contributed by atoms with E-state index in [1.165, 1.54) is 6.07 Å². The highest BCUT2D eigenvalue weighted by atomic mass is 16.5. The highest BCUT2D eigenvalue weighted by molar-refractivity contribution is 5.62. The molecule has 21 heavy (non-hydrogen) atoms. The summed E-state index contributed by atoms with van der Waals surface area (Å²) in [5.74, 6) is 1.37. The summed E-state index contributed by atoms with van der Waals surface area (Å²) >= 11 is 0. The van der Waals surface area contributed by atoms with Crippen LogP contribution in [0, 0.1) is 0 Å². The van der Waals surface area contributed by atoms with Crippen molar-refractivity contribution in [2.24, 2.45) is 0 Å². The van der Waals surface area contributed by atoms with Gasteiger partial charge in [0.25, 0.3) is 5.56 Å². The normalized spacial score (nSPS) is 10.7. The molecule has 0 amide bonds. The molecule has 1 aromatic heterocycles. The number of aromatic nitrogens is 2. The topological polar surface area (TPSA) is 67.0 Å². The van der Waals surface area contributed by atoms with Gasteiger partial charge in [0.05, 0.1) is 18.0 Å². The van der Waals surface area contributed by atoms with Gasteiger partial charge in [-0.05, 0) is 24.5 Å². The molecule has 0 saturated heterocycles. The van der Waals surface area contributed by atoms with Crippen molar-refractivity contribution < 1.29 is 4.74 Å². The maximum Gasteiger partial charge on any atom is 0.252 e. The van der Waals surface area contributed by atoms with Gasteiger partial charge >= 0.3 is 0 Å². The van der Waals surface area contributed by atoms with Crippen molar-refractivity contribution in [1.82, 2.24) is 9.97 Å². The second kappa shape index (κ2) is 6.92. The lowest BCUT2D eigenvalue weighted by molar-refractivity contribution is 0.319. The highest BCUT2D eigenvalue weighted by Gasteiger charge is 2.08. The zero-order chi connectivity index (χ0) is 15.2. The van der Waals surface area contributed by atoms with E-state index in [2.05, 4.69) is 22.2 Å². The minimum atomic E-state index is -0.164. The number of benzene rings is 1. The molecule has 5 heteroatoms. The van der Waals surface area contributed by atoms with E-state index in [-0.39, 0.29) is 11.5 Å². The number of nitrogens with zero attached hydrogens (tertiary/aromatic N) is 1. The molecule has 112 valence electrons. The third-order valence-corrected chi connectivity index (χ3v) is 2.95. The molecule has 2 N–H and O–H groups in total. The van der Waals surface area contributed by atoms with Gasteiger partial charge in [0.2, 0.25) is 5.95 Å². The molecule has 5 nitrogen and oxygen atoms in total. The van der Waals surface area contributed by atoms with Crippen molar-refractivity contribution in [2.75, 3.05) is 11.9 Å². The number of nitrogens with one attached hydrogen (secondary N) is 2. The van der Waals surface area contributed by atoms with Gasteiger partial charge in [-0.1, -0.05) is 32.9 Å². The molecule has 0 aliphatic heterocycles. The predicted molar refractivity (Wildman–Crippen MR) is 84.5 cm³/mol. The minimum absolute atomic E-state index is 0.164. The molecular weight excluding hydrogens is 266 g/mol. The van der Waals surface area contributed by atoms with Gasteiger partial charge in [-0.25, -0.2) is 4.98 Å². The Balaban J connectivity index is 2.28. The summed E-state index contributed by atoms with van der Waals surface area (Å²) in [5, 5.41) is 3.13. The molecule has 0 spiro atoms. The second-order valence-corrected chi connectivity index (χ2v) is 5.14. The van der Waals surface area contributed by atoms with Crippen LogP contribution in [-0.2, 0) is 0 Å². The van der Waals surface area contributed by atoms with Crippen LogP contribution in [0.25, 0.3) is 0 Å². The van der Waals surface area contributed by atoms with E-state index in [0.29, 0.717) is 12.6 Å². The van der Waals surface area contributed by atoms with Gasteiger partial charge in [0.15, 0.2) is 0 Å². The lowest BCUT2D eigenvalue weighted by atomic mass is 10.1. The van der Waals surface area contributed by atoms with Crippen molar-refractivity contribution in [3.05, 3.63) is 46.4 Å². The summed E-state index contributed by atoms with van der Waals surface area (Å²) in [6, 6.07) is 9.13. The van der Waals surface area contributed by atoms with Crippen LogP contribution in [0.1, 0.15) is 38.8 Å². The first-order valence-corrected chi connectivity index (χ1v) is 7.20. The van der Waals surface area contributed by atoms with E-state index in [9.17, 15) is 4.79 Å². The molecule has 2 aromatic rings. The molecule has 2 rings (SSSR count). The molecule has 0 bridgehead atoms. The molecule has 0 aliphatic rings. The van der Waals surface area contributed by atoms with Crippen LogP contribution in [0.4, 0.5) is 11.6 Å². The number of hydrogen-bond donors (Lipinski definition) is 2. The maximum absolute atomic E-state index is 11.7. The van der Waals surface area contributed by atoms with Gasteiger partial charge in [-0.2, -0.15) is 0 Å². The zero-order valence-corrected chi connectivity index (χ0v) is 12.6. The van der Waals surface area contributed by atoms with Gasteiger partial charge in [-0.3, -0.25) is 9.78 Å². The molecule has 0 saturated carbocycles. The van der Waals surface area contributed by atoms with E-state index in [1.807, 2.05) is 38.1 Å². The van der Waals surface area contributed by atoms with Crippen LogP contribution in [-0.4, -0.2) is 16.6 Å². The lowest BCUT2D eigenvalue weighted by Crippen LogP contribution is -2.13. The average Bonchev–Trinajstić information content (AvgIpc) is 2.45. The Morgan fingerprint density at radius 3 is 2.81 bits per heavy atom. The highest BCUT2D eigenvalue weighted by Crippen LogP contribution is 2.26. The Morgan fingerprint density at radius 1 is 1.33 bits per heavy atom. The van der Waals surface area contributed by atoms with E-state index >= 15 is 0 Å². The standard InChI is InChI=1S/C16H21N3O2/c1-4-9-21-14-8-6-5-7-12(14)17-16-18-13(11(2)3)10-15(20)19-16/h5-8,10-11H,4,9H2,1-3H3,(H2,17,18,19,20). The summed E-state index contributed by atoms with van der Waals surface area (Å²) in [4.78, 5) is 18.8. The third kappa shape index (κ3) is 4.08. The number of aromatic amines is 1. The minimum Gasteiger partial charge on any atom is -0.491 e. The van der Waals surface area contributed by atoms with Gasteiger partial charge < -0.3 is 10.1 Å². The summed E-state index contributed by atoms with van der Waals surface area (Å²) in [6.07, 6.45) is 0.937.